The molecule has 0 aromatic heterocycles. The summed E-state index contributed by atoms with van der Waals surface area (Å²) in [6.07, 6.45) is -12.4. The number of rotatable bonds is 12. The quantitative estimate of drug-likeness (QED) is 0.0934. The first kappa shape index (κ1) is 37.5. The molecule has 2 saturated heterocycles. The number of aliphatic hydroxyl groups excluding tert-OH is 6. The molecule has 17 nitrogen and oxygen atoms in total. The van der Waals surface area contributed by atoms with Crippen molar-refractivity contribution in [2.24, 2.45) is 0 Å². The highest BCUT2D eigenvalue weighted by Gasteiger charge is 2.50. The zero-order valence-electron chi connectivity index (χ0n) is 26.2. The van der Waals surface area contributed by atoms with Crippen LogP contribution < -0.4 is 9.47 Å². The average Bonchev–Trinajstić information content (AvgIpc) is 3.09. The summed E-state index contributed by atoms with van der Waals surface area (Å²) < 4.78 is 37.2. The average molecular weight is 695 g/mol. The molecule has 0 bridgehead atoms. The van der Waals surface area contributed by atoms with E-state index in [4.69, 9.17) is 33.2 Å². The number of methoxy groups -OCH3 is 2. The van der Waals surface area contributed by atoms with E-state index in [0.29, 0.717) is 11.1 Å². The molecular weight excluding hydrogens is 656 g/mol. The third-order valence-corrected chi connectivity index (χ3v) is 7.63. The summed E-state index contributed by atoms with van der Waals surface area (Å²) in [5, 5.41) is 81.2. The molecule has 2 aliphatic heterocycles. The van der Waals surface area contributed by atoms with E-state index in [1.54, 1.807) is 0 Å². The predicted molar refractivity (Wildman–Crippen MR) is 164 cm³/mol. The number of aromatic hydroxyl groups is 2. The van der Waals surface area contributed by atoms with Gasteiger partial charge in [-0.2, -0.15) is 0 Å². The molecule has 268 valence electrons. The molecule has 2 fully saturated rings. The monoisotopic (exact) mass is 694 g/mol. The van der Waals surface area contributed by atoms with E-state index in [9.17, 15) is 50.4 Å². The van der Waals surface area contributed by atoms with E-state index >= 15 is 0 Å². The van der Waals surface area contributed by atoms with Crippen LogP contribution in [0, 0.1) is 0 Å². The van der Waals surface area contributed by atoms with Crippen LogP contribution in [-0.2, 0) is 33.3 Å². The molecule has 2 aliphatic rings. The molecule has 8 N–H and O–H groups in total. The lowest BCUT2D eigenvalue weighted by molar-refractivity contribution is -0.327. The van der Waals surface area contributed by atoms with Gasteiger partial charge in [-0.3, -0.25) is 0 Å². The Hall–Kier alpha value is -4.30. The number of benzene rings is 2. The van der Waals surface area contributed by atoms with Gasteiger partial charge in [0.05, 0.1) is 27.4 Å². The second-order valence-electron chi connectivity index (χ2n) is 10.9. The molecule has 1 unspecified atom stereocenters. The highest BCUT2D eigenvalue weighted by Crippen LogP contribution is 2.30. The number of phenols is 2. The number of aliphatic hydroxyl groups is 6. The van der Waals surface area contributed by atoms with Gasteiger partial charge in [-0.1, -0.05) is 12.1 Å². The summed E-state index contributed by atoms with van der Waals surface area (Å²) in [5.74, 6) is -2.08. The van der Waals surface area contributed by atoms with Crippen LogP contribution in [-0.4, -0.2) is 142 Å². The predicted octanol–water partition coefficient (Wildman–Crippen LogP) is -1.44. The van der Waals surface area contributed by atoms with Crippen molar-refractivity contribution in [3.8, 4) is 23.0 Å². The van der Waals surface area contributed by atoms with E-state index < -0.39 is 86.6 Å². The smallest absolute Gasteiger partial charge is 0.333 e. The van der Waals surface area contributed by atoms with E-state index in [1.165, 1.54) is 62.8 Å². The molecule has 4 rings (SSSR count). The molecule has 17 heteroatoms. The molecule has 0 amide bonds. The number of hydrogen-bond acceptors (Lipinski definition) is 17. The molecule has 0 saturated carbocycles. The molecule has 49 heavy (non-hydrogen) atoms. The third-order valence-electron chi connectivity index (χ3n) is 7.63. The van der Waals surface area contributed by atoms with Gasteiger partial charge in [-0.15, -0.1) is 0 Å². The standard InChI is InChI=1S/C32H38O17/c1-43-19-11-15(3-7-17(19)34)5-9-23(36)48-30-28(41)26(39)22(14-45-31-29(42)27(40)25(38)21(13-33)46-31)47-32(30)49-24(37)10-6-16-4-8-18(35)20(12-16)44-2/h3-12,21-22,25-35,38-42H,13-14H2,1-2H3/b9-5+,10-6-/t21-,22-,25-,26-,27+,28+,29-,30-,31-,32?/m1/s1. The Balaban J connectivity index is 1.51. The Morgan fingerprint density at radius 1 is 0.694 bits per heavy atom. The summed E-state index contributed by atoms with van der Waals surface area (Å²) in [6.45, 7) is -1.38. The lowest BCUT2D eigenvalue weighted by Gasteiger charge is -2.43. The van der Waals surface area contributed by atoms with Crippen LogP contribution in [0.15, 0.2) is 48.6 Å². The lowest BCUT2D eigenvalue weighted by Crippen LogP contribution is -2.62. The minimum absolute atomic E-state index is 0.132. The molecule has 2 aromatic rings. The van der Waals surface area contributed by atoms with Crippen molar-refractivity contribution in [1.29, 1.82) is 0 Å². The number of ether oxygens (including phenoxy) is 7. The van der Waals surface area contributed by atoms with Gasteiger partial charge in [-0.25, -0.2) is 9.59 Å². The lowest BCUT2D eigenvalue weighted by atomic mass is 9.98. The maximum Gasteiger partial charge on any atom is 0.333 e. The van der Waals surface area contributed by atoms with Gasteiger partial charge in [0, 0.05) is 12.2 Å². The molecule has 0 aliphatic carbocycles. The van der Waals surface area contributed by atoms with Crippen molar-refractivity contribution >= 4 is 24.1 Å². The number of hydrogen-bond donors (Lipinski definition) is 8. The van der Waals surface area contributed by atoms with Crippen molar-refractivity contribution < 1.29 is 83.6 Å². The molecule has 2 aromatic carbocycles. The topological polar surface area (TPSA) is 261 Å². The number of carbonyl (C=O) groups excluding carboxylic acids is 2. The summed E-state index contributed by atoms with van der Waals surface area (Å²) in [5.41, 5.74) is 0.855. The van der Waals surface area contributed by atoms with Crippen LogP contribution in [0.5, 0.6) is 23.0 Å². The van der Waals surface area contributed by atoms with Crippen LogP contribution in [0.1, 0.15) is 11.1 Å². The fourth-order valence-electron chi connectivity index (χ4n) is 4.91. The molecule has 10 atom stereocenters. The van der Waals surface area contributed by atoms with Crippen molar-refractivity contribution in [2.45, 2.75) is 61.4 Å². The zero-order valence-corrected chi connectivity index (χ0v) is 26.2. The molecular formula is C32H38O17. The third kappa shape index (κ3) is 9.24. The first-order valence-electron chi connectivity index (χ1n) is 14.8. The van der Waals surface area contributed by atoms with Crippen LogP contribution >= 0.6 is 0 Å². The van der Waals surface area contributed by atoms with Crippen LogP contribution in [0.3, 0.4) is 0 Å². The Morgan fingerprint density at radius 3 is 1.73 bits per heavy atom. The normalized spacial score (nSPS) is 30.3. The molecule has 0 spiro atoms. The van der Waals surface area contributed by atoms with Crippen molar-refractivity contribution in [3.05, 3.63) is 59.7 Å². The van der Waals surface area contributed by atoms with Gasteiger partial charge >= 0.3 is 11.9 Å². The summed E-state index contributed by atoms with van der Waals surface area (Å²) in [7, 11) is 2.68. The largest absolute Gasteiger partial charge is 0.504 e. The fourth-order valence-corrected chi connectivity index (χ4v) is 4.91. The first-order chi connectivity index (χ1) is 23.4. The minimum atomic E-state index is -1.92. The SMILES string of the molecule is COc1cc(/C=C\C(=O)OC2O[C@H](CO[C@@H]3O[C@H](CO)[C@@H](O)[C@H](O)[C@H]3O)[C@@H](O)[C@H](O)[C@H]2OC(=O)/C=C/c2ccc(O)c(OC)c2)ccc1O. The van der Waals surface area contributed by atoms with E-state index in [1.807, 2.05) is 0 Å². The summed E-state index contributed by atoms with van der Waals surface area (Å²) in [4.78, 5) is 25.7. The molecule has 2 heterocycles. The van der Waals surface area contributed by atoms with Crippen LogP contribution in [0.25, 0.3) is 12.2 Å². The van der Waals surface area contributed by atoms with E-state index in [2.05, 4.69) is 0 Å². The fraction of sp³-hybridized carbons (Fsp3) is 0.438. The van der Waals surface area contributed by atoms with Crippen LogP contribution in [0.4, 0.5) is 0 Å². The van der Waals surface area contributed by atoms with E-state index in [-0.39, 0.29) is 23.0 Å². The van der Waals surface area contributed by atoms with Gasteiger partial charge in [0.15, 0.2) is 35.4 Å². The van der Waals surface area contributed by atoms with Crippen LogP contribution in [0.2, 0.25) is 0 Å². The highest BCUT2D eigenvalue weighted by molar-refractivity contribution is 5.88. The first-order valence-corrected chi connectivity index (χ1v) is 14.8. The van der Waals surface area contributed by atoms with Gasteiger partial charge < -0.3 is 74.0 Å². The maximum absolute atomic E-state index is 12.9. The Morgan fingerprint density at radius 2 is 1.20 bits per heavy atom. The Bertz CT molecular complexity index is 1490. The maximum atomic E-state index is 12.9. The van der Waals surface area contributed by atoms with Gasteiger partial charge in [0.1, 0.15) is 42.7 Å². The summed E-state index contributed by atoms with van der Waals surface area (Å²) in [6, 6.07) is 8.49. The van der Waals surface area contributed by atoms with E-state index in [0.717, 1.165) is 12.2 Å². The van der Waals surface area contributed by atoms with Gasteiger partial charge in [0.2, 0.25) is 6.29 Å². The Kier molecular flexibility index (Phi) is 12.9. The highest BCUT2D eigenvalue weighted by atomic mass is 16.7. The van der Waals surface area contributed by atoms with Crippen molar-refractivity contribution in [2.75, 3.05) is 27.4 Å². The minimum Gasteiger partial charge on any atom is -0.504 e. The second kappa shape index (κ2) is 16.9. The zero-order chi connectivity index (χ0) is 35.8. The number of esters is 2. The van der Waals surface area contributed by atoms with Crippen molar-refractivity contribution in [1.82, 2.24) is 0 Å². The number of carbonyl (C=O) groups is 2. The summed E-state index contributed by atoms with van der Waals surface area (Å²) >= 11 is 0. The van der Waals surface area contributed by atoms with Gasteiger partial charge in [-0.05, 0) is 47.5 Å². The number of phenolic OH excluding ortho intramolecular Hbond substituents is 2. The second-order valence-corrected chi connectivity index (χ2v) is 10.9. The molecule has 0 radical (unpaired) electrons. The Labute approximate surface area is 279 Å². The van der Waals surface area contributed by atoms with Crippen molar-refractivity contribution in [3.63, 3.8) is 0 Å². The van der Waals surface area contributed by atoms with Gasteiger partial charge in [0.25, 0.3) is 0 Å².